The molecule has 0 aromatic carbocycles. The summed E-state index contributed by atoms with van der Waals surface area (Å²) in [4.78, 5) is 10.8. The summed E-state index contributed by atoms with van der Waals surface area (Å²) in [5.74, 6) is -0.245. The third-order valence-electron chi connectivity index (χ3n) is 0.918. The minimum absolute atomic E-state index is 0.196. The van der Waals surface area contributed by atoms with Crippen LogP contribution >= 0.6 is 0 Å². The molecule has 1 aliphatic rings. The van der Waals surface area contributed by atoms with Gasteiger partial charge in [-0.25, -0.2) is 10.2 Å². The first-order valence-corrected chi connectivity index (χ1v) is 2.92. The highest BCUT2D eigenvalue weighted by Gasteiger charge is 2.18. The molecule has 0 aromatic rings. The molecular formula is C4H9N4O2+. The van der Waals surface area contributed by atoms with E-state index >= 15 is 0 Å². The molecule has 6 heteroatoms. The maximum Gasteiger partial charge on any atom is 0.381 e. The van der Waals surface area contributed by atoms with Crippen LogP contribution in [0.15, 0.2) is 5.10 Å². The lowest BCUT2D eigenvalue weighted by Crippen LogP contribution is -2.87. The molecule has 0 atom stereocenters. The van der Waals surface area contributed by atoms with E-state index in [-0.39, 0.29) is 5.84 Å². The predicted molar refractivity (Wildman–Crippen MR) is 32.3 cm³/mol. The van der Waals surface area contributed by atoms with Crippen LogP contribution in [0, 0.1) is 0 Å². The van der Waals surface area contributed by atoms with Gasteiger partial charge in [0, 0.05) is 0 Å². The molecule has 0 spiro atoms. The average Bonchev–Trinajstić information content (AvgIpc) is 2.38. The van der Waals surface area contributed by atoms with Gasteiger partial charge in [0.15, 0.2) is 0 Å². The molecule has 0 aliphatic carbocycles. The van der Waals surface area contributed by atoms with Gasteiger partial charge in [-0.2, -0.15) is 0 Å². The second-order valence-corrected chi connectivity index (χ2v) is 1.60. The van der Waals surface area contributed by atoms with E-state index in [1.807, 2.05) is 0 Å². The van der Waals surface area contributed by atoms with Gasteiger partial charge in [0.1, 0.15) is 0 Å². The molecule has 0 amide bonds. The first-order chi connectivity index (χ1) is 4.84. The van der Waals surface area contributed by atoms with Gasteiger partial charge in [-0.3, -0.25) is 0 Å². The Kier molecular flexibility index (Phi) is 2.19. The van der Waals surface area contributed by atoms with Gasteiger partial charge in [-0.1, -0.05) is 5.53 Å². The maximum atomic E-state index is 10.8. The average molecular weight is 145 g/mol. The maximum absolute atomic E-state index is 10.8. The SMILES string of the molecule is CCOC(=O)C1=N[NH2+]NN1. The van der Waals surface area contributed by atoms with Crippen LogP contribution in [-0.2, 0) is 9.53 Å². The van der Waals surface area contributed by atoms with E-state index in [1.54, 1.807) is 6.92 Å². The fourth-order valence-electron chi connectivity index (χ4n) is 0.533. The lowest BCUT2D eigenvalue weighted by atomic mass is 10.6. The number of nitrogens with one attached hydrogen (secondary N) is 2. The summed E-state index contributed by atoms with van der Waals surface area (Å²) in [5.41, 5.74) is 6.42. The highest BCUT2D eigenvalue weighted by atomic mass is 16.5. The van der Waals surface area contributed by atoms with Crippen LogP contribution in [-0.4, -0.2) is 18.4 Å². The van der Waals surface area contributed by atoms with Crippen LogP contribution in [0.1, 0.15) is 6.92 Å². The molecule has 4 N–H and O–H groups in total. The van der Waals surface area contributed by atoms with Crippen molar-refractivity contribution in [2.75, 3.05) is 6.61 Å². The minimum atomic E-state index is -0.441. The van der Waals surface area contributed by atoms with Crippen LogP contribution < -0.4 is 16.5 Å². The van der Waals surface area contributed by atoms with E-state index < -0.39 is 5.97 Å². The quantitative estimate of drug-likeness (QED) is 0.295. The van der Waals surface area contributed by atoms with Crippen molar-refractivity contribution in [1.82, 2.24) is 11.0 Å². The number of hydrazine groups is 1. The van der Waals surface area contributed by atoms with Crippen LogP contribution in [0.2, 0.25) is 0 Å². The molecule has 0 aromatic heterocycles. The number of ether oxygens (including phenoxy) is 1. The van der Waals surface area contributed by atoms with Crippen molar-refractivity contribution in [1.29, 1.82) is 0 Å². The van der Waals surface area contributed by atoms with Crippen LogP contribution in [0.4, 0.5) is 0 Å². The van der Waals surface area contributed by atoms with E-state index in [0.717, 1.165) is 0 Å². The van der Waals surface area contributed by atoms with E-state index in [0.29, 0.717) is 6.61 Å². The molecule has 0 radical (unpaired) electrons. The number of carbonyl (C=O) groups is 1. The summed E-state index contributed by atoms with van der Waals surface area (Å²) in [6, 6.07) is 0. The number of esters is 1. The second kappa shape index (κ2) is 3.14. The van der Waals surface area contributed by atoms with Crippen molar-refractivity contribution in [3.63, 3.8) is 0 Å². The van der Waals surface area contributed by atoms with Crippen molar-refractivity contribution in [2.45, 2.75) is 6.92 Å². The molecule has 0 bridgehead atoms. The normalized spacial score (nSPS) is 15.9. The molecular weight excluding hydrogens is 136 g/mol. The second-order valence-electron chi connectivity index (χ2n) is 1.60. The number of hydrogen-bond acceptors (Lipinski definition) is 5. The lowest BCUT2D eigenvalue weighted by molar-refractivity contribution is -0.713. The number of rotatable bonds is 2. The fraction of sp³-hybridized carbons (Fsp3) is 0.500. The van der Waals surface area contributed by atoms with Gasteiger partial charge in [0.25, 0.3) is 5.84 Å². The molecule has 1 rings (SSSR count). The zero-order valence-corrected chi connectivity index (χ0v) is 5.55. The van der Waals surface area contributed by atoms with Gasteiger partial charge < -0.3 is 4.74 Å². The number of carbonyl (C=O) groups excluding carboxylic acids is 1. The summed E-state index contributed by atoms with van der Waals surface area (Å²) in [5, 5.41) is 3.65. The number of hydrogen-bond donors (Lipinski definition) is 3. The number of nitrogens with two attached hydrogens (primary N) is 1. The Hall–Kier alpha value is -1.14. The largest absolute Gasteiger partial charge is 0.460 e. The molecule has 0 unspecified atom stereocenters. The molecule has 1 heterocycles. The van der Waals surface area contributed by atoms with Gasteiger partial charge in [0.2, 0.25) is 0 Å². The third kappa shape index (κ3) is 1.42. The van der Waals surface area contributed by atoms with E-state index in [1.165, 1.54) is 5.53 Å². The Balaban J connectivity index is 2.40. The number of nitrogens with zero attached hydrogens (tertiary/aromatic N) is 1. The lowest BCUT2D eigenvalue weighted by Gasteiger charge is -1.96. The Labute approximate surface area is 57.6 Å². The zero-order chi connectivity index (χ0) is 7.40. The van der Waals surface area contributed by atoms with E-state index in [9.17, 15) is 4.79 Å². The molecule has 56 valence electrons. The standard InChI is InChI=1S/C4H8N4O2/c1-2-10-4(9)3-5-7-8-6-3/h7-8H,2H2,1H3,(H,5,6)/p+1. The van der Waals surface area contributed by atoms with Gasteiger partial charge in [-0.05, 0) is 12.0 Å². The monoisotopic (exact) mass is 145 g/mol. The molecule has 6 nitrogen and oxygen atoms in total. The van der Waals surface area contributed by atoms with Crippen molar-refractivity contribution >= 4 is 11.8 Å². The highest BCUT2D eigenvalue weighted by molar-refractivity contribution is 6.35. The molecule has 0 fully saturated rings. The Bertz CT molecular complexity index is 167. The smallest absolute Gasteiger partial charge is 0.381 e. The molecule has 10 heavy (non-hydrogen) atoms. The Morgan fingerprint density at radius 3 is 3.20 bits per heavy atom. The summed E-state index contributed by atoms with van der Waals surface area (Å²) in [7, 11) is 0. The summed E-state index contributed by atoms with van der Waals surface area (Å²) < 4.78 is 4.63. The van der Waals surface area contributed by atoms with Crippen LogP contribution in [0.3, 0.4) is 0 Å². The van der Waals surface area contributed by atoms with Crippen LogP contribution in [0.5, 0.6) is 0 Å². The Morgan fingerprint density at radius 2 is 2.70 bits per heavy atom. The summed E-state index contributed by atoms with van der Waals surface area (Å²) in [6.07, 6.45) is 0. The predicted octanol–water partition coefficient (Wildman–Crippen LogP) is -2.55. The zero-order valence-electron chi connectivity index (χ0n) is 5.55. The molecule has 1 aliphatic heterocycles. The van der Waals surface area contributed by atoms with Crippen LogP contribution in [0.25, 0.3) is 0 Å². The highest BCUT2D eigenvalue weighted by Crippen LogP contribution is 1.78. The topological polar surface area (TPSA) is 79.3 Å². The first-order valence-electron chi connectivity index (χ1n) is 2.92. The molecule has 0 saturated heterocycles. The van der Waals surface area contributed by atoms with E-state index in [4.69, 9.17) is 0 Å². The Morgan fingerprint density at radius 1 is 1.90 bits per heavy atom. The first kappa shape index (κ1) is 6.97. The van der Waals surface area contributed by atoms with Gasteiger partial charge in [-0.15, -0.1) is 5.53 Å². The molecule has 0 saturated carbocycles. The van der Waals surface area contributed by atoms with Crippen molar-refractivity contribution in [3.8, 4) is 0 Å². The summed E-state index contributed by atoms with van der Waals surface area (Å²) in [6.45, 7) is 2.10. The minimum Gasteiger partial charge on any atom is -0.460 e. The van der Waals surface area contributed by atoms with Gasteiger partial charge >= 0.3 is 5.97 Å². The number of quaternary nitrogens is 1. The van der Waals surface area contributed by atoms with Crippen molar-refractivity contribution in [3.05, 3.63) is 0 Å². The van der Waals surface area contributed by atoms with Crippen molar-refractivity contribution in [2.24, 2.45) is 5.10 Å². The van der Waals surface area contributed by atoms with Crippen molar-refractivity contribution < 1.29 is 15.1 Å². The van der Waals surface area contributed by atoms with E-state index in [2.05, 4.69) is 20.8 Å². The fourth-order valence-corrected chi connectivity index (χ4v) is 0.533. The number of amidine groups is 1. The third-order valence-corrected chi connectivity index (χ3v) is 0.918. The summed E-state index contributed by atoms with van der Waals surface area (Å²) >= 11 is 0. The van der Waals surface area contributed by atoms with Gasteiger partial charge in [0.05, 0.1) is 6.61 Å².